The van der Waals surface area contributed by atoms with Gasteiger partial charge in [-0.2, -0.15) is 0 Å². The summed E-state index contributed by atoms with van der Waals surface area (Å²) in [7, 11) is 1.31. The van der Waals surface area contributed by atoms with Crippen LogP contribution in [0.25, 0.3) is 0 Å². The molecule has 1 aromatic heterocycles. The maximum atomic E-state index is 12.0. The van der Waals surface area contributed by atoms with Gasteiger partial charge >= 0.3 is 5.97 Å². The van der Waals surface area contributed by atoms with Crippen LogP contribution in [0.15, 0.2) is 24.3 Å². The normalized spacial score (nSPS) is 10.1. The van der Waals surface area contributed by atoms with E-state index in [1.54, 1.807) is 12.1 Å². The average Bonchev–Trinajstić information content (AvgIpc) is 2.85. The molecule has 0 aliphatic carbocycles. The summed E-state index contributed by atoms with van der Waals surface area (Å²) < 4.78 is 4.54. The summed E-state index contributed by atoms with van der Waals surface area (Å²) >= 11 is 1.15. The van der Waals surface area contributed by atoms with Gasteiger partial charge < -0.3 is 4.74 Å². The Morgan fingerprint density at radius 2 is 2.15 bits per heavy atom. The van der Waals surface area contributed by atoms with Crippen LogP contribution in [0.4, 0.5) is 5.13 Å². The predicted octanol–water partition coefficient (Wildman–Crippen LogP) is 1.81. The van der Waals surface area contributed by atoms with Crippen LogP contribution < -0.4 is 5.32 Å². The smallest absolute Gasteiger partial charge is 0.312 e. The van der Waals surface area contributed by atoms with Crippen molar-refractivity contribution in [3.63, 3.8) is 0 Å². The van der Waals surface area contributed by atoms with Crippen LogP contribution in [0.3, 0.4) is 0 Å². The third-order valence-electron chi connectivity index (χ3n) is 2.49. The van der Waals surface area contributed by atoms with Gasteiger partial charge in [-0.3, -0.25) is 14.9 Å². The number of rotatable bonds is 4. The molecule has 2 aromatic rings. The number of aryl methyl sites for hydroxylation is 1. The lowest BCUT2D eigenvalue weighted by atomic mass is 10.1. The van der Waals surface area contributed by atoms with Crippen molar-refractivity contribution in [2.75, 3.05) is 12.4 Å². The summed E-state index contributed by atoms with van der Waals surface area (Å²) in [5.41, 5.74) is 1.55. The molecule has 1 heterocycles. The number of amides is 1. The van der Waals surface area contributed by atoms with Gasteiger partial charge in [-0.1, -0.05) is 29.0 Å². The predicted molar refractivity (Wildman–Crippen MR) is 74.8 cm³/mol. The molecule has 0 bridgehead atoms. The SMILES string of the molecule is COC(=O)Cc1nnc(NC(=O)c2cccc(C)c2)s1. The molecule has 2 rings (SSSR count). The number of hydrogen-bond donors (Lipinski definition) is 1. The lowest BCUT2D eigenvalue weighted by Crippen LogP contribution is -2.11. The van der Waals surface area contributed by atoms with Crippen molar-refractivity contribution in [3.8, 4) is 0 Å². The molecule has 0 fully saturated rings. The van der Waals surface area contributed by atoms with Crippen molar-refractivity contribution < 1.29 is 14.3 Å². The van der Waals surface area contributed by atoms with Crippen molar-refractivity contribution in [1.29, 1.82) is 0 Å². The topological polar surface area (TPSA) is 81.2 Å². The van der Waals surface area contributed by atoms with E-state index < -0.39 is 5.97 Å². The standard InChI is InChI=1S/C13H13N3O3S/c1-8-4-3-5-9(6-8)12(18)14-13-16-15-10(20-13)7-11(17)19-2/h3-6H,7H2,1-2H3,(H,14,16,18). The van der Waals surface area contributed by atoms with E-state index in [-0.39, 0.29) is 12.3 Å². The largest absolute Gasteiger partial charge is 0.469 e. The van der Waals surface area contributed by atoms with E-state index in [0.717, 1.165) is 16.9 Å². The summed E-state index contributed by atoms with van der Waals surface area (Å²) in [5, 5.41) is 11.1. The lowest BCUT2D eigenvalue weighted by Gasteiger charge is -2.01. The fourth-order valence-electron chi connectivity index (χ4n) is 1.53. The first-order chi connectivity index (χ1) is 9.58. The summed E-state index contributed by atoms with van der Waals surface area (Å²) in [4.78, 5) is 23.1. The number of nitrogens with zero attached hydrogens (tertiary/aromatic N) is 2. The second-order valence-electron chi connectivity index (χ2n) is 4.08. The third-order valence-corrected chi connectivity index (χ3v) is 3.33. The highest BCUT2D eigenvalue weighted by molar-refractivity contribution is 7.15. The number of carbonyl (C=O) groups is 2. The van der Waals surface area contributed by atoms with Gasteiger partial charge in [0, 0.05) is 5.56 Å². The molecule has 1 aromatic carbocycles. The number of methoxy groups -OCH3 is 1. The summed E-state index contributed by atoms with van der Waals surface area (Å²) in [6.07, 6.45) is 0.0501. The molecule has 0 aliphatic heterocycles. The molecule has 0 aliphatic rings. The number of ether oxygens (including phenoxy) is 1. The lowest BCUT2D eigenvalue weighted by molar-refractivity contribution is -0.139. The molecule has 0 spiro atoms. The Morgan fingerprint density at radius 3 is 2.85 bits per heavy atom. The van der Waals surface area contributed by atoms with Gasteiger partial charge in [-0.05, 0) is 19.1 Å². The average molecular weight is 291 g/mol. The van der Waals surface area contributed by atoms with Crippen molar-refractivity contribution in [1.82, 2.24) is 10.2 Å². The molecule has 104 valence electrons. The van der Waals surface area contributed by atoms with Gasteiger partial charge in [0.15, 0.2) is 0 Å². The monoisotopic (exact) mass is 291 g/mol. The molecule has 0 saturated carbocycles. The number of nitrogens with one attached hydrogen (secondary N) is 1. The van der Waals surface area contributed by atoms with Gasteiger partial charge in [0.25, 0.3) is 5.91 Å². The maximum Gasteiger partial charge on any atom is 0.312 e. The van der Waals surface area contributed by atoms with E-state index in [4.69, 9.17) is 0 Å². The van der Waals surface area contributed by atoms with Gasteiger partial charge in [0.1, 0.15) is 5.01 Å². The molecule has 20 heavy (non-hydrogen) atoms. The summed E-state index contributed by atoms with van der Waals surface area (Å²) in [5.74, 6) is -0.646. The highest BCUT2D eigenvalue weighted by atomic mass is 32.1. The second kappa shape index (κ2) is 6.25. The Balaban J connectivity index is 2.03. The van der Waals surface area contributed by atoms with E-state index >= 15 is 0 Å². The zero-order valence-electron chi connectivity index (χ0n) is 11.0. The van der Waals surface area contributed by atoms with Crippen molar-refractivity contribution in [3.05, 3.63) is 40.4 Å². The maximum absolute atomic E-state index is 12.0. The fraction of sp³-hybridized carbons (Fsp3) is 0.231. The molecule has 0 atom stereocenters. The first-order valence-corrected chi connectivity index (χ1v) is 6.67. The number of hydrogen-bond acceptors (Lipinski definition) is 6. The van der Waals surface area contributed by atoms with Crippen molar-refractivity contribution >= 4 is 28.3 Å². The van der Waals surface area contributed by atoms with Gasteiger partial charge in [0.05, 0.1) is 13.5 Å². The van der Waals surface area contributed by atoms with E-state index in [9.17, 15) is 9.59 Å². The van der Waals surface area contributed by atoms with Crippen LogP contribution in [0.1, 0.15) is 20.9 Å². The molecule has 0 unspecified atom stereocenters. The Bertz CT molecular complexity index is 639. The fourth-order valence-corrected chi connectivity index (χ4v) is 2.25. The molecule has 0 saturated heterocycles. The van der Waals surface area contributed by atoms with Crippen LogP contribution in [-0.4, -0.2) is 29.2 Å². The highest BCUT2D eigenvalue weighted by Crippen LogP contribution is 2.17. The zero-order chi connectivity index (χ0) is 14.5. The van der Waals surface area contributed by atoms with Gasteiger partial charge in [-0.15, -0.1) is 10.2 Å². The van der Waals surface area contributed by atoms with Crippen molar-refractivity contribution in [2.24, 2.45) is 0 Å². The molecule has 1 N–H and O–H groups in total. The number of aromatic nitrogens is 2. The number of esters is 1. The number of benzene rings is 1. The summed E-state index contributed by atoms with van der Waals surface area (Å²) in [6.45, 7) is 1.91. The Morgan fingerprint density at radius 1 is 1.35 bits per heavy atom. The molecule has 1 amide bonds. The van der Waals surface area contributed by atoms with E-state index in [2.05, 4.69) is 20.3 Å². The minimum atomic E-state index is -0.391. The van der Waals surface area contributed by atoms with Crippen LogP contribution >= 0.6 is 11.3 Å². The molecular weight excluding hydrogens is 278 g/mol. The number of anilines is 1. The third kappa shape index (κ3) is 3.61. The molecule has 0 radical (unpaired) electrons. The Labute approximate surface area is 119 Å². The van der Waals surface area contributed by atoms with Crippen LogP contribution in [0, 0.1) is 6.92 Å². The first-order valence-electron chi connectivity index (χ1n) is 5.85. The molecular formula is C13H13N3O3S. The number of carbonyl (C=O) groups excluding carboxylic acids is 2. The Kier molecular flexibility index (Phi) is 4.41. The van der Waals surface area contributed by atoms with Crippen molar-refractivity contribution in [2.45, 2.75) is 13.3 Å². The quantitative estimate of drug-likeness (QED) is 0.869. The van der Waals surface area contributed by atoms with Crippen LogP contribution in [-0.2, 0) is 16.0 Å². The van der Waals surface area contributed by atoms with Crippen LogP contribution in [0.5, 0.6) is 0 Å². The zero-order valence-corrected chi connectivity index (χ0v) is 11.9. The van der Waals surface area contributed by atoms with Gasteiger partial charge in [-0.25, -0.2) is 0 Å². The van der Waals surface area contributed by atoms with E-state index in [0.29, 0.717) is 15.7 Å². The Hall–Kier alpha value is -2.28. The van der Waals surface area contributed by atoms with Gasteiger partial charge in [0.2, 0.25) is 5.13 Å². The first kappa shape index (κ1) is 14.1. The second-order valence-corrected chi connectivity index (χ2v) is 5.14. The minimum Gasteiger partial charge on any atom is -0.469 e. The summed E-state index contributed by atoms with van der Waals surface area (Å²) in [6, 6.07) is 7.23. The van der Waals surface area contributed by atoms with E-state index in [1.807, 2.05) is 19.1 Å². The molecule has 7 heteroatoms. The van der Waals surface area contributed by atoms with Crippen LogP contribution in [0.2, 0.25) is 0 Å². The van der Waals surface area contributed by atoms with E-state index in [1.165, 1.54) is 7.11 Å². The highest BCUT2D eigenvalue weighted by Gasteiger charge is 2.12. The molecule has 6 nitrogen and oxygen atoms in total. The minimum absolute atomic E-state index is 0.0501.